The summed E-state index contributed by atoms with van der Waals surface area (Å²) in [6.07, 6.45) is 25.5. The topological polar surface area (TPSA) is 77.3 Å². The number of benzene rings is 6. The van der Waals surface area contributed by atoms with Gasteiger partial charge in [-0.3, -0.25) is 0 Å². The van der Waals surface area contributed by atoms with Gasteiger partial charge in [-0.25, -0.2) is 0 Å². The molecule has 13 aromatic rings. The normalized spacial score (nSPS) is 14.8. The Hall–Kier alpha value is -5.03. The van der Waals surface area contributed by atoms with Gasteiger partial charge in [0.2, 0.25) is 0 Å². The number of unbranched alkanes of at least 4 members (excludes halogenated alkanes) is 8. The first-order valence-electron chi connectivity index (χ1n) is 36.5. The predicted octanol–water partition coefficient (Wildman–Crippen LogP) is 27.9. The predicted molar refractivity (Wildman–Crippen MR) is 449 cm³/mol. The summed E-state index contributed by atoms with van der Waals surface area (Å²) >= 11 is 18.8. The van der Waals surface area contributed by atoms with E-state index in [0.717, 1.165) is 53.9 Å². The van der Waals surface area contributed by atoms with Gasteiger partial charge in [0.05, 0.1) is 35.2 Å². The lowest BCUT2D eigenvalue weighted by Gasteiger charge is -2.37. The van der Waals surface area contributed by atoms with Crippen LogP contribution in [-0.2, 0) is 10.8 Å². The largest absolute Gasteiger partial charge is 0.173 e. The molecule has 6 nitrogen and oxygen atoms in total. The van der Waals surface area contributed by atoms with Crippen LogP contribution in [-0.4, -0.2) is 26.2 Å². The summed E-state index contributed by atoms with van der Waals surface area (Å²) in [5, 5.41) is 4.19. The molecular formula is C84H91Br2N6PS7. The number of rotatable bonds is 28. The molecule has 0 aliphatic heterocycles. The van der Waals surface area contributed by atoms with E-state index in [9.17, 15) is 0 Å². The summed E-state index contributed by atoms with van der Waals surface area (Å²) in [6.45, 7) is 18.8. The van der Waals surface area contributed by atoms with E-state index in [1.807, 2.05) is 57.5 Å². The van der Waals surface area contributed by atoms with Crippen molar-refractivity contribution in [3.8, 4) is 50.8 Å². The third-order valence-corrected chi connectivity index (χ3v) is 31.2. The van der Waals surface area contributed by atoms with Gasteiger partial charge in [-0.05, 0) is 171 Å². The molecule has 16 heteroatoms. The minimum absolute atomic E-state index is 0.00282. The molecule has 0 N–H and O–H groups in total. The summed E-state index contributed by atoms with van der Waals surface area (Å²) in [4.78, 5) is 11.5. The molecule has 2 aliphatic rings. The van der Waals surface area contributed by atoms with Crippen molar-refractivity contribution in [3.05, 3.63) is 193 Å². The van der Waals surface area contributed by atoms with E-state index in [-0.39, 0.29) is 10.8 Å². The zero-order chi connectivity index (χ0) is 69.3. The van der Waals surface area contributed by atoms with Crippen LogP contribution in [0.25, 0.3) is 83.9 Å². The van der Waals surface area contributed by atoms with E-state index in [1.54, 1.807) is 27.1 Å². The van der Waals surface area contributed by atoms with Crippen LogP contribution in [0, 0.1) is 25.7 Å². The highest BCUT2D eigenvalue weighted by molar-refractivity contribution is 9.11. The number of aromatic nitrogens is 6. The van der Waals surface area contributed by atoms with E-state index in [0.29, 0.717) is 0 Å². The number of hydrogen-bond acceptors (Lipinski definition) is 13. The Bertz CT molecular complexity index is 4670. The molecule has 15 rings (SSSR count). The molecule has 2 unspecified atom stereocenters. The van der Waals surface area contributed by atoms with Crippen molar-refractivity contribution < 1.29 is 0 Å². The molecule has 518 valence electrons. The summed E-state index contributed by atoms with van der Waals surface area (Å²) < 4.78 is 30.2. The number of aryl methyl sites for hydroxylation is 2. The van der Waals surface area contributed by atoms with Crippen molar-refractivity contribution >= 4 is 169 Å². The Morgan fingerprint density at radius 1 is 0.370 bits per heavy atom. The lowest BCUT2D eigenvalue weighted by Crippen LogP contribution is -2.31. The first-order chi connectivity index (χ1) is 49.0. The molecule has 0 radical (unpaired) electrons. The Morgan fingerprint density at radius 2 is 0.730 bits per heavy atom. The molecule has 6 aromatic carbocycles. The first-order valence-corrected chi connectivity index (χ1v) is 44.9. The van der Waals surface area contributed by atoms with Crippen LogP contribution in [0.15, 0.2) is 161 Å². The Labute approximate surface area is 640 Å². The Balaban J connectivity index is 0.000000242. The summed E-state index contributed by atoms with van der Waals surface area (Å²) in [7, 11) is -0.446. The van der Waals surface area contributed by atoms with Crippen LogP contribution in [0.4, 0.5) is 0 Å². The highest BCUT2D eigenvalue weighted by atomic mass is 79.9. The van der Waals surface area contributed by atoms with E-state index < -0.39 is 7.92 Å². The van der Waals surface area contributed by atoms with Gasteiger partial charge in [-0.15, -0.1) is 45.3 Å². The van der Waals surface area contributed by atoms with Gasteiger partial charge in [-0.2, -0.15) is 26.2 Å². The summed E-state index contributed by atoms with van der Waals surface area (Å²) in [6, 6.07) is 56.1. The maximum absolute atomic E-state index is 5.18. The third-order valence-electron chi connectivity index (χ3n) is 21.0. The zero-order valence-corrected chi connectivity index (χ0v) is 68.8. The van der Waals surface area contributed by atoms with Crippen molar-refractivity contribution in [1.29, 1.82) is 0 Å². The van der Waals surface area contributed by atoms with Crippen LogP contribution in [0.3, 0.4) is 0 Å². The van der Waals surface area contributed by atoms with Crippen LogP contribution in [0.1, 0.15) is 203 Å². The Kier molecular flexibility index (Phi) is 24.8. The second-order valence-corrected chi connectivity index (χ2v) is 37.5. The quantitative estimate of drug-likeness (QED) is 0.0359. The van der Waals surface area contributed by atoms with Crippen LogP contribution < -0.4 is 15.9 Å². The molecule has 0 amide bonds. The SMILES string of the molecule is Brc1ccc(Br)c2nsnc12.CCCCCCC1(CCCCCC)c2cc(-c3ccc(C)c4nsnc34)sc2-c2sc(-c3ccc(-c4cc5c(s4)-c4sc(C)cc4C5(CC(CC)CCCC)CC(CC)CCCC)c4nsnc34)cc21.c1ccc(P(c2ccccc2)c2ccccc2)cc1. The second kappa shape index (κ2) is 33.8. The summed E-state index contributed by atoms with van der Waals surface area (Å²) in [5.74, 6) is 1.45. The minimum Gasteiger partial charge on any atom is -0.173 e. The first kappa shape index (κ1) is 73.3. The van der Waals surface area contributed by atoms with Crippen molar-refractivity contribution in [3.63, 3.8) is 0 Å². The molecule has 0 saturated carbocycles. The van der Waals surface area contributed by atoms with Crippen LogP contribution in [0.5, 0.6) is 0 Å². The minimum atomic E-state index is -0.446. The summed E-state index contributed by atoms with van der Waals surface area (Å²) in [5.41, 5.74) is 17.5. The number of nitrogens with zero attached hydrogens (tertiary/aromatic N) is 6. The molecule has 0 fully saturated rings. The molecule has 2 aliphatic carbocycles. The van der Waals surface area contributed by atoms with Crippen molar-refractivity contribution in [2.24, 2.45) is 11.8 Å². The molecule has 0 bridgehead atoms. The maximum atomic E-state index is 5.18. The zero-order valence-electron chi connectivity index (χ0n) is 59.0. The molecule has 2 atom stereocenters. The average molecular weight is 1600 g/mol. The lowest BCUT2D eigenvalue weighted by atomic mass is 9.65. The van der Waals surface area contributed by atoms with E-state index >= 15 is 0 Å². The fourth-order valence-electron chi connectivity index (χ4n) is 15.7. The molecule has 0 saturated heterocycles. The van der Waals surface area contributed by atoms with E-state index in [2.05, 4.69) is 236 Å². The molecule has 100 heavy (non-hydrogen) atoms. The van der Waals surface area contributed by atoms with Gasteiger partial charge in [0.15, 0.2) is 0 Å². The van der Waals surface area contributed by atoms with Gasteiger partial charge in [-0.1, -0.05) is 260 Å². The molecule has 7 heterocycles. The molecule has 7 aromatic heterocycles. The van der Waals surface area contributed by atoms with Gasteiger partial charge in [0.1, 0.15) is 33.1 Å². The highest BCUT2D eigenvalue weighted by Gasteiger charge is 2.49. The number of halogens is 2. The van der Waals surface area contributed by atoms with Gasteiger partial charge >= 0.3 is 0 Å². The Morgan fingerprint density at radius 3 is 1.14 bits per heavy atom. The maximum Gasteiger partial charge on any atom is 0.120 e. The van der Waals surface area contributed by atoms with Gasteiger partial charge in [0, 0.05) is 75.5 Å². The smallest absolute Gasteiger partial charge is 0.120 e. The third kappa shape index (κ3) is 15.1. The number of fused-ring (bicyclic) bond motifs is 9. The van der Waals surface area contributed by atoms with E-state index in [4.69, 9.17) is 17.5 Å². The highest BCUT2D eigenvalue weighted by Crippen LogP contribution is 2.64. The fraction of sp³-hybridized carbons (Fsp3) is 0.381. The number of hydrogen-bond donors (Lipinski definition) is 0. The number of thiophene rings is 4. The van der Waals surface area contributed by atoms with Crippen molar-refractivity contribution in [2.75, 3.05) is 0 Å². The molecular weight excluding hydrogens is 1510 g/mol. The lowest BCUT2D eigenvalue weighted by molar-refractivity contribution is 0.266. The average Bonchev–Trinajstić information content (AvgIpc) is 1.55. The van der Waals surface area contributed by atoms with Crippen molar-refractivity contribution in [1.82, 2.24) is 26.2 Å². The second-order valence-electron chi connectivity index (χ2n) is 27.5. The van der Waals surface area contributed by atoms with E-state index in [1.165, 1.54) is 236 Å². The van der Waals surface area contributed by atoms with Gasteiger partial charge < -0.3 is 0 Å². The van der Waals surface area contributed by atoms with Crippen molar-refractivity contribution in [2.45, 2.75) is 195 Å². The fourth-order valence-corrected chi connectivity index (χ4v) is 26.1. The standard InChI is InChI=1S/C60H74N4S6.C18H15P.C6H2Br2N2S/c1-9-15-19-21-29-59(30-22-20-16-10-2)45-32-48(41-26-25-37(7)51-52(41)62-69-61-51)66-56(45)57-46(59)33-49(67-57)42-27-28-43(54-53(42)63-70-64-54)50-34-47-58(68-50)55-44(31-38(8)65-55)60(47,35-39(13-5)23-17-11-3)36-40(14-6)24-18-12-4;1-4-10-16(11-5-1)19(17-12-6-2-7-13-17)18-14-8-3-9-15-18;7-3-1-2-4(8)6-5(3)9-11-10-6/h25-28,31-34,39-40H,9-24,29-30,35-36H2,1-8H3;1-15H;1-2H. The van der Waals surface area contributed by atoms with Crippen LogP contribution in [0.2, 0.25) is 0 Å². The monoisotopic (exact) mass is 1600 g/mol. The van der Waals surface area contributed by atoms with Crippen LogP contribution >= 0.6 is 120 Å². The molecule has 0 spiro atoms. The van der Waals surface area contributed by atoms with Gasteiger partial charge in [0.25, 0.3) is 0 Å².